The molecule has 8 heteroatoms. The second kappa shape index (κ2) is 7.26. The summed E-state index contributed by atoms with van der Waals surface area (Å²) in [5.74, 6) is -1.67. The normalized spacial score (nSPS) is 14.0. The molecule has 1 amide bonds. The molecule has 2 aromatic rings. The first-order valence-corrected chi connectivity index (χ1v) is 9.14. The molecule has 3 rings (SSSR count). The molecular formula is C20H24FN3O4. The first kappa shape index (κ1) is 19.9. The highest BCUT2D eigenvalue weighted by Gasteiger charge is 2.36. The van der Waals surface area contributed by atoms with E-state index in [2.05, 4.69) is 5.10 Å². The van der Waals surface area contributed by atoms with Crippen molar-refractivity contribution in [1.29, 1.82) is 0 Å². The van der Waals surface area contributed by atoms with Crippen LogP contribution >= 0.6 is 0 Å². The maximum atomic E-state index is 14.7. The van der Waals surface area contributed by atoms with Crippen LogP contribution in [0.15, 0.2) is 24.4 Å². The molecule has 0 spiro atoms. The number of nitrogens with zero attached hydrogens (tertiary/aromatic N) is 3. The van der Waals surface area contributed by atoms with Crippen LogP contribution in [0.5, 0.6) is 0 Å². The molecule has 1 fully saturated rings. The lowest BCUT2D eigenvalue weighted by molar-refractivity contribution is 0.0216. The predicted octanol–water partition coefficient (Wildman–Crippen LogP) is 3.92. The molecule has 1 aromatic heterocycles. The standard InChI is InChI=1S/C20H24FN3O4/c1-12-15(18(25)26)11-24(22-12)17-13(6-5-7-16(17)21)10-23(14-8-9-14)19(27)28-20(2,3)4/h5-7,11,14H,8-10H2,1-4H3,(H,25,26). The summed E-state index contributed by atoms with van der Waals surface area (Å²) < 4.78 is 21.4. The molecule has 0 unspecified atom stereocenters. The van der Waals surface area contributed by atoms with Gasteiger partial charge in [0.1, 0.15) is 22.7 Å². The molecule has 0 bridgehead atoms. The summed E-state index contributed by atoms with van der Waals surface area (Å²) in [5, 5.41) is 13.4. The van der Waals surface area contributed by atoms with E-state index in [0.717, 1.165) is 12.8 Å². The van der Waals surface area contributed by atoms with E-state index in [1.54, 1.807) is 44.7 Å². The summed E-state index contributed by atoms with van der Waals surface area (Å²) in [4.78, 5) is 25.5. The van der Waals surface area contributed by atoms with Crippen molar-refractivity contribution in [2.45, 2.75) is 58.7 Å². The molecule has 1 aliphatic rings. The van der Waals surface area contributed by atoms with Crippen LogP contribution in [-0.4, -0.2) is 43.5 Å². The second-order valence-corrected chi connectivity index (χ2v) is 7.96. The van der Waals surface area contributed by atoms with Gasteiger partial charge in [0.15, 0.2) is 0 Å². The third-order valence-corrected chi connectivity index (χ3v) is 4.39. The number of rotatable bonds is 5. The van der Waals surface area contributed by atoms with Crippen molar-refractivity contribution in [3.63, 3.8) is 0 Å². The van der Waals surface area contributed by atoms with Crippen molar-refractivity contribution in [2.24, 2.45) is 0 Å². The molecule has 1 saturated carbocycles. The zero-order valence-corrected chi connectivity index (χ0v) is 16.4. The van der Waals surface area contributed by atoms with Crippen molar-refractivity contribution in [3.05, 3.63) is 47.0 Å². The van der Waals surface area contributed by atoms with Gasteiger partial charge in [-0.3, -0.25) is 0 Å². The fourth-order valence-corrected chi connectivity index (χ4v) is 2.96. The van der Waals surface area contributed by atoms with E-state index in [1.165, 1.54) is 16.9 Å². The Morgan fingerprint density at radius 3 is 2.57 bits per heavy atom. The van der Waals surface area contributed by atoms with E-state index < -0.39 is 23.5 Å². The van der Waals surface area contributed by atoms with Gasteiger partial charge in [0.2, 0.25) is 0 Å². The minimum Gasteiger partial charge on any atom is -0.478 e. The smallest absolute Gasteiger partial charge is 0.410 e. The van der Waals surface area contributed by atoms with Crippen LogP contribution in [0.4, 0.5) is 9.18 Å². The van der Waals surface area contributed by atoms with Crippen molar-refractivity contribution < 1.29 is 23.8 Å². The Balaban J connectivity index is 1.96. The number of hydrogen-bond donors (Lipinski definition) is 1. The molecule has 1 N–H and O–H groups in total. The monoisotopic (exact) mass is 389 g/mol. The van der Waals surface area contributed by atoms with Gasteiger partial charge in [-0.25, -0.2) is 18.7 Å². The van der Waals surface area contributed by atoms with E-state index in [4.69, 9.17) is 4.74 Å². The molecular weight excluding hydrogens is 365 g/mol. The number of para-hydroxylation sites is 1. The van der Waals surface area contributed by atoms with E-state index in [1.807, 2.05) is 0 Å². The quantitative estimate of drug-likeness (QED) is 0.838. The minimum absolute atomic E-state index is 0.000365. The molecule has 1 aliphatic carbocycles. The summed E-state index contributed by atoms with van der Waals surface area (Å²) in [7, 11) is 0. The van der Waals surface area contributed by atoms with Gasteiger partial charge in [0.25, 0.3) is 0 Å². The van der Waals surface area contributed by atoms with Gasteiger partial charge in [-0.05, 0) is 46.6 Å². The molecule has 0 radical (unpaired) electrons. The lowest BCUT2D eigenvalue weighted by Crippen LogP contribution is -2.38. The van der Waals surface area contributed by atoms with Gasteiger partial charge in [0, 0.05) is 17.8 Å². The minimum atomic E-state index is -1.13. The molecule has 150 valence electrons. The molecule has 0 atom stereocenters. The number of carboxylic acid groups (broad SMARTS) is 1. The van der Waals surface area contributed by atoms with Gasteiger partial charge in [-0.1, -0.05) is 12.1 Å². The molecule has 28 heavy (non-hydrogen) atoms. The van der Waals surface area contributed by atoms with Crippen LogP contribution in [0.3, 0.4) is 0 Å². The van der Waals surface area contributed by atoms with Crippen LogP contribution < -0.4 is 0 Å². The highest BCUT2D eigenvalue weighted by Crippen LogP contribution is 2.31. The lowest BCUT2D eigenvalue weighted by atomic mass is 10.1. The third-order valence-electron chi connectivity index (χ3n) is 4.39. The van der Waals surface area contributed by atoms with Crippen molar-refractivity contribution >= 4 is 12.1 Å². The predicted molar refractivity (Wildman–Crippen MR) is 100 cm³/mol. The Morgan fingerprint density at radius 2 is 2.04 bits per heavy atom. The van der Waals surface area contributed by atoms with Crippen LogP contribution in [0.25, 0.3) is 5.69 Å². The number of aromatic nitrogens is 2. The van der Waals surface area contributed by atoms with Gasteiger partial charge in [0.05, 0.1) is 12.2 Å². The van der Waals surface area contributed by atoms with Crippen molar-refractivity contribution in [1.82, 2.24) is 14.7 Å². The van der Waals surface area contributed by atoms with E-state index in [0.29, 0.717) is 5.56 Å². The number of halogens is 1. The first-order valence-electron chi connectivity index (χ1n) is 9.14. The molecule has 1 aromatic carbocycles. The van der Waals surface area contributed by atoms with Gasteiger partial charge in [-0.2, -0.15) is 5.10 Å². The van der Waals surface area contributed by atoms with Crippen LogP contribution in [0.1, 0.15) is 55.2 Å². The fourth-order valence-electron chi connectivity index (χ4n) is 2.96. The molecule has 0 aliphatic heterocycles. The van der Waals surface area contributed by atoms with E-state index in [-0.39, 0.29) is 29.5 Å². The molecule has 1 heterocycles. The third kappa shape index (κ3) is 4.32. The molecule has 0 saturated heterocycles. The largest absolute Gasteiger partial charge is 0.478 e. The van der Waals surface area contributed by atoms with Crippen LogP contribution in [0.2, 0.25) is 0 Å². The summed E-state index contributed by atoms with van der Waals surface area (Å²) in [5.41, 5.74) is 0.308. The number of carbonyl (C=O) groups excluding carboxylic acids is 1. The SMILES string of the molecule is Cc1nn(-c2c(F)cccc2CN(C(=O)OC(C)(C)C)C2CC2)cc1C(=O)O. The van der Waals surface area contributed by atoms with E-state index >= 15 is 0 Å². The number of carboxylic acids is 1. The lowest BCUT2D eigenvalue weighted by Gasteiger charge is -2.28. The Bertz CT molecular complexity index is 913. The first-order chi connectivity index (χ1) is 13.1. The summed E-state index contributed by atoms with van der Waals surface area (Å²) in [6.45, 7) is 7.09. The van der Waals surface area contributed by atoms with Gasteiger partial charge < -0.3 is 14.7 Å². The van der Waals surface area contributed by atoms with Crippen LogP contribution in [-0.2, 0) is 11.3 Å². The zero-order chi connectivity index (χ0) is 20.6. The Hall–Kier alpha value is -2.90. The summed E-state index contributed by atoms with van der Waals surface area (Å²) >= 11 is 0. The Kier molecular flexibility index (Phi) is 5.14. The number of aryl methyl sites for hydroxylation is 1. The fraction of sp³-hybridized carbons (Fsp3) is 0.450. The number of aromatic carboxylic acids is 1. The number of amides is 1. The van der Waals surface area contributed by atoms with Crippen molar-refractivity contribution in [3.8, 4) is 5.69 Å². The average Bonchev–Trinajstić information content (AvgIpc) is 3.32. The zero-order valence-electron chi connectivity index (χ0n) is 16.4. The Labute approximate surface area is 162 Å². The number of hydrogen-bond acceptors (Lipinski definition) is 4. The molecule has 7 nitrogen and oxygen atoms in total. The number of benzene rings is 1. The van der Waals surface area contributed by atoms with E-state index in [9.17, 15) is 19.1 Å². The maximum Gasteiger partial charge on any atom is 0.410 e. The second-order valence-electron chi connectivity index (χ2n) is 7.96. The van der Waals surface area contributed by atoms with Crippen LogP contribution in [0, 0.1) is 12.7 Å². The van der Waals surface area contributed by atoms with Crippen molar-refractivity contribution in [2.75, 3.05) is 0 Å². The topological polar surface area (TPSA) is 84.7 Å². The average molecular weight is 389 g/mol. The highest BCUT2D eigenvalue weighted by atomic mass is 19.1. The summed E-state index contributed by atoms with van der Waals surface area (Å²) in [6.07, 6.45) is 2.57. The highest BCUT2D eigenvalue weighted by molar-refractivity contribution is 5.88. The Morgan fingerprint density at radius 1 is 1.36 bits per heavy atom. The summed E-state index contributed by atoms with van der Waals surface area (Å²) in [6, 6.07) is 4.60. The maximum absolute atomic E-state index is 14.7. The van der Waals surface area contributed by atoms with Gasteiger partial charge >= 0.3 is 12.1 Å². The number of ether oxygens (including phenoxy) is 1. The van der Waals surface area contributed by atoms with Gasteiger partial charge in [-0.15, -0.1) is 0 Å². The number of carbonyl (C=O) groups is 2.